The maximum absolute atomic E-state index is 2.20. The molecule has 2 rings (SSSR count). The number of rotatable bonds is 0. The van der Waals surface area contributed by atoms with E-state index in [0.717, 1.165) is 0 Å². The molecule has 2 nitrogen and oxygen atoms in total. The summed E-state index contributed by atoms with van der Waals surface area (Å²) >= 11 is 0. The van der Waals surface area contributed by atoms with Gasteiger partial charge in [0.1, 0.15) is 6.20 Å². The molecule has 0 bridgehead atoms. The maximum atomic E-state index is 2.20. The van der Waals surface area contributed by atoms with Crippen molar-refractivity contribution in [3.8, 4) is 0 Å². The molecule has 13 heavy (non-hydrogen) atoms. The molecule has 0 saturated heterocycles. The fourth-order valence-electron chi connectivity index (χ4n) is 1.44. The summed E-state index contributed by atoms with van der Waals surface area (Å²) < 4.78 is 4.20. The van der Waals surface area contributed by atoms with E-state index in [1.807, 2.05) is 7.05 Å². The van der Waals surface area contributed by atoms with Gasteiger partial charge in [0.15, 0.2) is 11.8 Å². The largest absolute Gasteiger partial charge is 0.254 e. The Bertz CT molecular complexity index is 393. The third kappa shape index (κ3) is 1.82. The van der Waals surface area contributed by atoms with Crippen LogP contribution in [0.25, 0.3) is 5.52 Å². The van der Waals surface area contributed by atoms with Crippen molar-refractivity contribution in [2.75, 3.05) is 0 Å². The topological polar surface area (TPSA) is 9.34 Å². The van der Waals surface area contributed by atoms with Crippen LogP contribution in [0, 0.1) is 13.8 Å². The van der Waals surface area contributed by atoms with Gasteiger partial charge in [0.2, 0.25) is 0 Å². The van der Waals surface area contributed by atoms with Crippen molar-refractivity contribution < 1.29 is 20.1 Å². The third-order valence-electron chi connectivity index (χ3n) is 2.26. The van der Waals surface area contributed by atoms with Crippen molar-refractivity contribution >= 4 is 5.52 Å². The molecule has 0 saturated carbocycles. The van der Waals surface area contributed by atoms with Crippen LogP contribution in [0.3, 0.4) is 0 Å². The molecule has 2 heterocycles. The summed E-state index contributed by atoms with van der Waals surface area (Å²) in [6, 6.07) is 2.20. The number of imidazole rings is 1. The molecule has 71 valence electrons. The molecule has 3 heteroatoms. The third-order valence-corrected chi connectivity index (χ3v) is 2.26. The summed E-state index contributed by atoms with van der Waals surface area (Å²) in [5, 5.41) is 0. The van der Waals surface area contributed by atoms with Crippen LogP contribution in [0.15, 0.2) is 24.8 Å². The molecular formula is C10H13IrN2+. The Morgan fingerprint density at radius 1 is 1.15 bits per heavy atom. The van der Waals surface area contributed by atoms with Crippen LogP contribution in [0.4, 0.5) is 0 Å². The van der Waals surface area contributed by atoms with Crippen molar-refractivity contribution in [2.45, 2.75) is 13.8 Å². The zero-order valence-electron chi connectivity index (χ0n) is 8.04. The minimum Gasteiger partial charge on any atom is -0.254 e. The molecule has 2 aromatic rings. The number of aromatic nitrogens is 2. The normalized spacial score (nSPS) is 10.1. The number of aryl methyl sites for hydroxylation is 3. The van der Waals surface area contributed by atoms with Gasteiger partial charge < -0.3 is 0 Å². The van der Waals surface area contributed by atoms with Gasteiger partial charge in [-0.2, -0.15) is 4.40 Å². The van der Waals surface area contributed by atoms with Crippen LogP contribution in [0.5, 0.6) is 0 Å². The number of fused-ring (bicyclic) bond motifs is 1. The predicted octanol–water partition coefficient (Wildman–Crippen LogP) is 2.17. The molecule has 0 spiro atoms. The van der Waals surface area contributed by atoms with Crippen LogP contribution in [-0.2, 0) is 27.2 Å². The van der Waals surface area contributed by atoms with Gasteiger partial charge in [-0.3, -0.25) is 4.57 Å². The van der Waals surface area contributed by atoms with Crippen LogP contribution >= 0.6 is 0 Å². The summed E-state index contributed by atoms with van der Waals surface area (Å²) in [4.78, 5) is 0. The van der Waals surface area contributed by atoms with Crippen LogP contribution in [0.2, 0.25) is 0 Å². The molecule has 0 aliphatic heterocycles. The zero-order chi connectivity index (χ0) is 8.72. The second-order valence-corrected chi connectivity index (χ2v) is 3.38. The number of pyridine rings is 1. The molecule has 0 amide bonds. The number of nitrogens with zero attached hydrogens (tertiary/aromatic N) is 2. The first-order chi connectivity index (χ1) is 5.66. The fourth-order valence-corrected chi connectivity index (χ4v) is 1.44. The second-order valence-electron chi connectivity index (χ2n) is 3.38. The van der Waals surface area contributed by atoms with Gasteiger partial charge in [-0.15, -0.1) is 0 Å². The van der Waals surface area contributed by atoms with Gasteiger partial charge in [0.25, 0.3) is 0 Å². The average molecular weight is 353 g/mol. The van der Waals surface area contributed by atoms with Crippen LogP contribution in [0.1, 0.15) is 11.1 Å². The van der Waals surface area contributed by atoms with Gasteiger partial charge >= 0.3 is 0 Å². The van der Waals surface area contributed by atoms with E-state index in [1.165, 1.54) is 16.6 Å². The van der Waals surface area contributed by atoms with Gasteiger partial charge in [-0.25, -0.2) is 0 Å². The van der Waals surface area contributed by atoms with Gasteiger partial charge in [-0.1, -0.05) is 0 Å². The number of hydrogen-bond acceptors (Lipinski definition) is 0. The second kappa shape index (κ2) is 3.60. The monoisotopic (exact) mass is 354 g/mol. The van der Waals surface area contributed by atoms with E-state index < -0.39 is 0 Å². The minimum atomic E-state index is 0. The van der Waals surface area contributed by atoms with E-state index >= 15 is 0 Å². The molecule has 0 aliphatic rings. The Hall–Kier alpha value is -0.661. The summed E-state index contributed by atoms with van der Waals surface area (Å²) in [7, 11) is 2.04. The van der Waals surface area contributed by atoms with Crippen molar-refractivity contribution in [2.24, 2.45) is 7.05 Å². The Balaban J connectivity index is 0.000000845. The van der Waals surface area contributed by atoms with Gasteiger partial charge in [0, 0.05) is 38.8 Å². The molecule has 0 aromatic carbocycles. The first kappa shape index (κ1) is 10.4. The van der Waals surface area contributed by atoms with E-state index in [2.05, 4.69) is 47.6 Å². The molecular weight excluding hydrogens is 340 g/mol. The smallest absolute Gasteiger partial charge is 0.183 e. The summed E-state index contributed by atoms with van der Waals surface area (Å²) in [6.45, 7) is 4.27. The van der Waals surface area contributed by atoms with Crippen molar-refractivity contribution in [3.63, 3.8) is 0 Å². The standard InChI is InChI=1S/C10H13N2.Ir/c1-8-4-10-6-11(3)7-12(10)5-9(8)2;/h4-7H,1-3H3;/q+1;. The molecule has 1 radical (unpaired) electrons. The first-order valence-electron chi connectivity index (χ1n) is 4.11. The molecule has 0 unspecified atom stereocenters. The SMILES string of the molecule is Cc1cc2cn(C)[cH+]n2cc1C.[Ir]. The quantitative estimate of drug-likeness (QED) is 0.642. The fraction of sp³-hybridized carbons (Fsp3) is 0.300. The first-order valence-corrected chi connectivity index (χ1v) is 4.11. The van der Waals surface area contributed by atoms with Crippen LogP contribution < -0.4 is 0 Å². The van der Waals surface area contributed by atoms with Gasteiger partial charge in [-0.05, 0) is 19.4 Å². The number of hydrogen-bond donors (Lipinski definition) is 0. The molecule has 2 aromatic heterocycles. The summed E-state index contributed by atoms with van der Waals surface area (Å²) in [5.41, 5.74) is 3.93. The Morgan fingerprint density at radius 2 is 1.85 bits per heavy atom. The van der Waals surface area contributed by atoms with E-state index in [4.69, 9.17) is 0 Å². The van der Waals surface area contributed by atoms with E-state index in [-0.39, 0.29) is 20.1 Å². The minimum absolute atomic E-state index is 0. The Labute approximate surface area is 91.6 Å². The van der Waals surface area contributed by atoms with Crippen LogP contribution in [-0.4, -0.2) is 8.97 Å². The summed E-state index contributed by atoms with van der Waals surface area (Å²) in [6.07, 6.45) is 6.35. The molecule has 0 atom stereocenters. The van der Waals surface area contributed by atoms with Crippen molar-refractivity contribution in [1.82, 2.24) is 8.97 Å². The van der Waals surface area contributed by atoms with E-state index in [1.54, 1.807) is 0 Å². The summed E-state index contributed by atoms with van der Waals surface area (Å²) in [5.74, 6) is 0. The molecule has 0 fully saturated rings. The van der Waals surface area contributed by atoms with E-state index in [0.29, 0.717) is 0 Å². The Kier molecular flexibility index (Phi) is 2.89. The van der Waals surface area contributed by atoms with Gasteiger partial charge in [0.05, 0.1) is 6.20 Å². The zero-order valence-corrected chi connectivity index (χ0v) is 10.4. The van der Waals surface area contributed by atoms with Crippen molar-refractivity contribution in [1.29, 1.82) is 0 Å². The van der Waals surface area contributed by atoms with Crippen molar-refractivity contribution in [3.05, 3.63) is 35.9 Å². The average Bonchev–Trinajstić information content (AvgIpc) is 2.30. The predicted molar refractivity (Wildman–Crippen MR) is 50.2 cm³/mol. The van der Waals surface area contributed by atoms with E-state index in [9.17, 15) is 0 Å². The Morgan fingerprint density at radius 3 is 2.54 bits per heavy atom. The molecule has 0 N–H and O–H groups in total. The molecule has 0 aliphatic carbocycles. The maximum Gasteiger partial charge on any atom is 0.183 e.